The molecule has 6 nitrogen and oxygen atoms in total. The molecule has 0 saturated heterocycles. The van der Waals surface area contributed by atoms with Crippen molar-refractivity contribution in [3.63, 3.8) is 0 Å². The van der Waals surface area contributed by atoms with Gasteiger partial charge in [-0.05, 0) is 19.1 Å². The molecule has 1 atom stereocenters. The fourth-order valence-electron chi connectivity index (χ4n) is 1.60. The number of nitrogens with zero attached hydrogens (tertiary/aromatic N) is 3. The summed E-state index contributed by atoms with van der Waals surface area (Å²) < 4.78 is 1.61. The second-order valence-electron chi connectivity index (χ2n) is 4.10. The molecule has 0 aliphatic carbocycles. The SMILES string of the molecule is Cc1cc(NC(=O)C(N)c2cnn(C)c2)ccn1. The van der Waals surface area contributed by atoms with Gasteiger partial charge in [-0.15, -0.1) is 0 Å². The summed E-state index contributed by atoms with van der Waals surface area (Å²) in [7, 11) is 1.78. The maximum Gasteiger partial charge on any atom is 0.246 e. The Kier molecular flexibility index (Phi) is 3.38. The van der Waals surface area contributed by atoms with Crippen LogP contribution in [0.25, 0.3) is 0 Å². The first kappa shape index (κ1) is 12.3. The van der Waals surface area contributed by atoms with Gasteiger partial charge in [-0.3, -0.25) is 14.5 Å². The van der Waals surface area contributed by atoms with Crippen LogP contribution in [-0.4, -0.2) is 20.7 Å². The van der Waals surface area contributed by atoms with E-state index in [0.717, 1.165) is 5.69 Å². The van der Waals surface area contributed by atoms with Crippen molar-refractivity contribution in [1.82, 2.24) is 14.8 Å². The topological polar surface area (TPSA) is 85.8 Å². The van der Waals surface area contributed by atoms with Crippen molar-refractivity contribution >= 4 is 11.6 Å². The van der Waals surface area contributed by atoms with Crippen molar-refractivity contribution in [2.24, 2.45) is 12.8 Å². The van der Waals surface area contributed by atoms with E-state index in [9.17, 15) is 4.79 Å². The minimum absolute atomic E-state index is 0.270. The number of rotatable bonds is 3. The second kappa shape index (κ2) is 4.97. The van der Waals surface area contributed by atoms with Gasteiger partial charge < -0.3 is 11.1 Å². The lowest BCUT2D eigenvalue weighted by molar-refractivity contribution is -0.117. The first-order valence-electron chi connectivity index (χ1n) is 5.54. The van der Waals surface area contributed by atoms with E-state index < -0.39 is 6.04 Å². The Labute approximate surface area is 105 Å². The normalized spacial score (nSPS) is 12.2. The molecule has 2 aromatic heterocycles. The van der Waals surface area contributed by atoms with Gasteiger partial charge in [0, 0.05) is 36.4 Å². The zero-order valence-corrected chi connectivity index (χ0v) is 10.3. The number of hydrogen-bond donors (Lipinski definition) is 2. The lowest BCUT2D eigenvalue weighted by atomic mass is 10.1. The summed E-state index contributed by atoms with van der Waals surface area (Å²) in [5.41, 5.74) is 8.06. The maximum atomic E-state index is 11.9. The maximum absolute atomic E-state index is 11.9. The Morgan fingerprint density at radius 3 is 2.94 bits per heavy atom. The van der Waals surface area contributed by atoms with Crippen molar-refractivity contribution in [2.75, 3.05) is 5.32 Å². The molecular formula is C12H15N5O. The molecule has 0 aromatic carbocycles. The molecule has 3 N–H and O–H groups in total. The molecule has 0 bridgehead atoms. The molecule has 0 saturated carbocycles. The number of nitrogens with two attached hydrogens (primary N) is 1. The van der Waals surface area contributed by atoms with Gasteiger partial charge in [0.2, 0.25) is 5.91 Å². The minimum Gasteiger partial charge on any atom is -0.324 e. The van der Waals surface area contributed by atoms with Crippen LogP contribution >= 0.6 is 0 Å². The molecule has 18 heavy (non-hydrogen) atoms. The fraction of sp³-hybridized carbons (Fsp3) is 0.250. The highest BCUT2D eigenvalue weighted by Crippen LogP contribution is 2.13. The van der Waals surface area contributed by atoms with E-state index in [0.29, 0.717) is 11.3 Å². The van der Waals surface area contributed by atoms with Crippen LogP contribution < -0.4 is 11.1 Å². The predicted molar refractivity (Wildman–Crippen MR) is 67.7 cm³/mol. The van der Waals surface area contributed by atoms with Crippen LogP contribution in [0, 0.1) is 6.92 Å². The van der Waals surface area contributed by atoms with Gasteiger partial charge in [0.15, 0.2) is 0 Å². The first-order valence-corrected chi connectivity index (χ1v) is 5.54. The number of carbonyl (C=O) groups excluding carboxylic acids is 1. The lowest BCUT2D eigenvalue weighted by Crippen LogP contribution is -2.27. The van der Waals surface area contributed by atoms with Gasteiger partial charge >= 0.3 is 0 Å². The number of carbonyl (C=O) groups is 1. The molecule has 0 aliphatic heterocycles. The zero-order valence-electron chi connectivity index (χ0n) is 10.3. The summed E-state index contributed by atoms with van der Waals surface area (Å²) in [6, 6.07) is 2.78. The highest BCUT2D eigenvalue weighted by molar-refractivity contribution is 5.95. The van der Waals surface area contributed by atoms with Crippen molar-refractivity contribution in [3.8, 4) is 0 Å². The van der Waals surface area contributed by atoms with Crippen LogP contribution in [0.4, 0.5) is 5.69 Å². The molecule has 1 unspecified atom stereocenters. The minimum atomic E-state index is -0.729. The lowest BCUT2D eigenvalue weighted by Gasteiger charge is -2.10. The Morgan fingerprint density at radius 1 is 1.56 bits per heavy atom. The number of anilines is 1. The molecule has 6 heteroatoms. The molecule has 2 heterocycles. The van der Waals surface area contributed by atoms with Crippen LogP contribution in [0.15, 0.2) is 30.7 Å². The third kappa shape index (κ3) is 2.72. The molecule has 1 amide bonds. The van der Waals surface area contributed by atoms with Crippen molar-refractivity contribution in [2.45, 2.75) is 13.0 Å². The van der Waals surface area contributed by atoms with Crippen LogP contribution in [0.3, 0.4) is 0 Å². The second-order valence-corrected chi connectivity index (χ2v) is 4.10. The van der Waals surface area contributed by atoms with Gasteiger partial charge in [-0.1, -0.05) is 0 Å². The van der Waals surface area contributed by atoms with Crippen molar-refractivity contribution in [3.05, 3.63) is 42.0 Å². The zero-order chi connectivity index (χ0) is 13.1. The van der Waals surface area contributed by atoms with Crippen LogP contribution in [0.5, 0.6) is 0 Å². The third-order valence-corrected chi connectivity index (χ3v) is 2.53. The molecule has 2 aromatic rings. The van der Waals surface area contributed by atoms with Gasteiger partial charge in [-0.25, -0.2) is 0 Å². The highest BCUT2D eigenvalue weighted by atomic mass is 16.2. The average molecular weight is 245 g/mol. The smallest absolute Gasteiger partial charge is 0.246 e. The van der Waals surface area contributed by atoms with Gasteiger partial charge in [-0.2, -0.15) is 5.10 Å². The quantitative estimate of drug-likeness (QED) is 0.836. The molecule has 0 aliphatic rings. The predicted octanol–water partition coefficient (Wildman–Crippen LogP) is 0.762. The van der Waals surface area contributed by atoms with Crippen LogP contribution in [0.2, 0.25) is 0 Å². The highest BCUT2D eigenvalue weighted by Gasteiger charge is 2.17. The summed E-state index contributed by atoms with van der Waals surface area (Å²) >= 11 is 0. The van der Waals surface area contributed by atoms with Crippen LogP contribution in [0.1, 0.15) is 17.3 Å². The summed E-state index contributed by atoms with van der Waals surface area (Å²) in [6.45, 7) is 1.86. The van der Waals surface area contributed by atoms with Crippen molar-refractivity contribution in [1.29, 1.82) is 0 Å². The summed E-state index contributed by atoms with van der Waals surface area (Å²) in [5, 5.41) is 6.74. The molecule has 0 fully saturated rings. The molecule has 2 rings (SSSR count). The number of nitrogens with one attached hydrogen (secondary N) is 1. The molecule has 0 radical (unpaired) electrons. The Balaban J connectivity index is 2.08. The largest absolute Gasteiger partial charge is 0.324 e. The standard InChI is InChI=1S/C12H15N5O/c1-8-5-10(3-4-14-8)16-12(18)11(13)9-6-15-17(2)7-9/h3-7,11H,13H2,1-2H3,(H,14,16,18). The van der Waals surface area contributed by atoms with E-state index in [1.165, 1.54) is 0 Å². The van der Waals surface area contributed by atoms with E-state index >= 15 is 0 Å². The summed E-state index contributed by atoms with van der Waals surface area (Å²) in [5.74, 6) is -0.270. The monoisotopic (exact) mass is 245 g/mol. The summed E-state index contributed by atoms with van der Waals surface area (Å²) in [6.07, 6.45) is 4.95. The molecule has 0 spiro atoms. The van der Waals surface area contributed by atoms with Gasteiger partial charge in [0.05, 0.1) is 6.20 Å². The number of pyridine rings is 1. The van der Waals surface area contributed by atoms with Gasteiger partial charge in [0.25, 0.3) is 0 Å². The number of hydrogen-bond acceptors (Lipinski definition) is 4. The number of aryl methyl sites for hydroxylation is 2. The fourth-order valence-corrected chi connectivity index (χ4v) is 1.60. The van der Waals surface area contributed by atoms with E-state index in [2.05, 4.69) is 15.4 Å². The number of amides is 1. The van der Waals surface area contributed by atoms with E-state index in [1.54, 1.807) is 42.5 Å². The average Bonchev–Trinajstić information content (AvgIpc) is 2.75. The Hall–Kier alpha value is -2.21. The Bertz CT molecular complexity index is 563. The van der Waals surface area contributed by atoms with E-state index in [-0.39, 0.29) is 5.91 Å². The first-order chi connectivity index (χ1) is 8.56. The van der Waals surface area contributed by atoms with E-state index in [1.807, 2.05) is 6.92 Å². The van der Waals surface area contributed by atoms with Crippen molar-refractivity contribution < 1.29 is 4.79 Å². The molecule has 94 valence electrons. The summed E-state index contributed by atoms with van der Waals surface area (Å²) in [4.78, 5) is 16.0. The number of aromatic nitrogens is 3. The third-order valence-electron chi connectivity index (χ3n) is 2.53. The Morgan fingerprint density at radius 2 is 2.33 bits per heavy atom. The van der Waals surface area contributed by atoms with Gasteiger partial charge in [0.1, 0.15) is 6.04 Å². The molecular weight excluding hydrogens is 230 g/mol. The van der Waals surface area contributed by atoms with Crippen LogP contribution in [-0.2, 0) is 11.8 Å². The van der Waals surface area contributed by atoms with E-state index in [4.69, 9.17) is 5.73 Å².